The van der Waals surface area contributed by atoms with Gasteiger partial charge in [-0.05, 0) is 37.8 Å². The van der Waals surface area contributed by atoms with Crippen molar-refractivity contribution in [1.82, 2.24) is 5.32 Å². The molecule has 0 bridgehead atoms. The molecule has 1 aliphatic heterocycles. The highest BCUT2D eigenvalue weighted by molar-refractivity contribution is 5.82. The minimum Gasteiger partial charge on any atom is -0.359 e. The van der Waals surface area contributed by atoms with Gasteiger partial charge in [-0.25, -0.2) is 0 Å². The third-order valence-corrected chi connectivity index (χ3v) is 3.04. The lowest BCUT2D eigenvalue weighted by Crippen LogP contribution is -2.19. The minimum atomic E-state index is 0.801. The van der Waals surface area contributed by atoms with Crippen molar-refractivity contribution in [2.45, 2.75) is 53.4 Å². The molecule has 0 fully saturated rings. The summed E-state index contributed by atoms with van der Waals surface area (Å²) in [7, 11) is 0. The van der Waals surface area contributed by atoms with E-state index < -0.39 is 0 Å². The maximum Gasteiger partial charge on any atom is 0.0657 e. The summed E-state index contributed by atoms with van der Waals surface area (Å²) in [6.07, 6.45) is 11.2. The number of hydrogen-bond acceptors (Lipinski definition) is 2. The second-order valence-corrected chi connectivity index (χ2v) is 4.82. The van der Waals surface area contributed by atoms with Gasteiger partial charge in [0.25, 0.3) is 0 Å². The fourth-order valence-corrected chi connectivity index (χ4v) is 2.04. The van der Waals surface area contributed by atoms with Crippen LogP contribution in [0.4, 0.5) is 0 Å². The molecule has 0 unspecified atom stereocenters. The van der Waals surface area contributed by atoms with Gasteiger partial charge in [0.1, 0.15) is 0 Å². The SMILES string of the molecule is CC/C=C1\CN=CC(C)=C1N/C(C)=C\CCCC. The summed E-state index contributed by atoms with van der Waals surface area (Å²) in [4.78, 5) is 4.38. The Kier molecular flexibility index (Phi) is 6.48. The normalized spacial score (nSPS) is 18.7. The quantitative estimate of drug-likeness (QED) is 0.692. The topological polar surface area (TPSA) is 24.4 Å². The molecule has 1 N–H and O–H groups in total. The highest BCUT2D eigenvalue weighted by Crippen LogP contribution is 2.18. The summed E-state index contributed by atoms with van der Waals surface area (Å²) >= 11 is 0. The van der Waals surface area contributed by atoms with Crippen LogP contribution >= 0.6 is 0 Å². The molecule has 2 nitrogen and oxygen atoms in total. The number of nitrogens with zero attached hydrogens (tertiary/aromatic N) is 1. The van der Waals surface area contributed by atoms with Crippen molar-refractivity contribution in [2.75, 3.05) is 6.54 Å². The number of unbranched alkanes of at least 4 members (excludes halogenated alkanes) is 2. The Hall–Kier alpha value is -1.31. The predicted molar refractivity (Wildman–Crippen MR) is 80.9 cm³/mol. The largest absolute Gasteiger partial charge is 0.359 e. The molecule has 0 aromatic heterocycles. The third-order valence-electron chi connectivity index (χ3n) is 3.04. The van der Waals surface area contributed by atoms with Crippen LogP contribution in [-0.2, 0) is 0 Å². The highest BCUT2D eigenvalue weighted by Gasteiger charge is 2.11. The molecule has 0 saturated carbocycles. The van der Waals surface area contributed by atoms with Crippen molar-refractivity contribution >= 4 is 6.21 Å². The molecule has 2 heteroatoms. The van der Waals surface area contributed by atoms with E-state index in [9.17, 15) is 0 Å². The van der Waals surface area contributed by atoms with Crippen molar-refractivity contribution in [1.29, 1.82) is 0 Å². The molecule has 0 amide bonds. The van der Waals surface area contributed by atoms with Crippen molar-refractivity contribution in [3.8, 4) is 0 Å². The first kappa shape index (κ1) is 14.7. The first-order chi connectivity index (χ1) is 8.69. The van der Waals surface area contributed by atoms with Crippen molar-refractivity contribution in [3.63, 3.8) is 0 Å². The summed E-state index contributed by atoms with van der Waals surface area (Å²) in [5.41, 5.74) is 5.04. The maximum absolute atomic E-state index is 4.38. The van der Waals surface area contributed by atoms with Crippen molar-refractivity contribution in [2.24, 2.45) is 4.99 Å². The Bertz CT molecular complexity index is 384. The van der Waals surface area contributed by atoms with Crippen LogP contribution in [0.1, 0.15) is 53.4 Å². The lowest BCUT2D eigenvalue weighted by molar-refractivity contribution is 0.801. The first-order valence-electron chi connectivity index (χ1n) is 7.02. The molecule has 0 aromatic carbocycles. The Morgan fingerprint density at radius 1 is 1.44 bits per heavy atom. The van der Waals surface area contributed by atoms with Gasteiger partial charge in [-0.15, -0.1) is 0 Å². The average molecular weight is 246 g/mol. The van der Waals surface area contributed by atoms with Crippen molar-refractivity contribution in [3.05, 3.63) is 34.7 Å². The lowest BCUT2D eigenvalue weighted by atomic mass is 10.0. The van der Waals surface area contributed by atoms with E-state index in [2.05, 4.69) is 50.2 Å². The number of dihydropyridines is 1. The van der Waals surface area contributed by atoms with E-state index in [-0.39, 0.29) is 0 Å². The second kappa shape index (κ2) is 7.91. The monoisotopic (exact) mass is 246 g/mol. The lowest BCUT2D eigenvalue weighted by Gasteiger charge is -2.19. The van der Waals surface area contributed by atoms with E-state index in [0.29, 0.717) is 0 Å². The van der Waals surface area contributed by atoms with Crippen LogP contribution in [0.2, 0.25) is 0 Å². The Balaban J connectivity index is 2.75. The molecule has 0 radical (unpaired) electrons. The summed E-state index contributed by atoms with van der Waals surface area (Å²) in [5, 5.41) is 3.54. The zero-order valence-corrected chi connectivity index (χ0v) is 12.2. The molecule has 0 spiro atoms. The van der Waals surface area contributed by atoms with E-state index in [1.54, 1.807) is 0 Å². The van der Waals surface area contributed by atoms with Crippen LogP contribution in [0.5, 0.6) is 0 Å². The number of nitrogens with one attached hydrogen (secondary N) is 1. The Labute approximate surface area is 112 Å². The number of hydrogen-bond donors (Lipinski definition) is 1. The highest BCUT2D eigenvalue weighted by atomic mass is 14.9. The van der Waals surface area contributed by atoms with Crippen LogP contribution in [-0.4, -0.2) is 12.8 Å². The smallest absolute Gasteiger partial charge is 0.0657 e. The van der Waals surface area contributed by atoms with Crippen LogP contribution in [0.15, 0.2) is 39.7 Å². The van der Waals surface area contributed by atoms with E-state index in [1.807, 2.05) is 6.21 Å². The van der Waals surface area contributed by atoms with E-state index in [0.717, 1.165) is 19.4 Å². The van der Waals surface area contributed by atoms with Gasteiger partial charge in [-0.3, -0.25) is 4.99 Å². The number of allylic oxidation sites excluding steroid dienone is 4. The Morgan fingerprint density at radius 3 is 2.89 bits per heavy atom. The van der Waals surface area contributed by atoms with Gasteiger partial charge in [0.05, 0.1) is 6.54 Å². The van der Waals surface area contributed by atoms with Crippen LogP contribution in [0, 0.1) is 0 Å². The molecular formula is C16H26N2. The fourth-order valence-electron chi connectivity index (χ4n) is 2.04. The molecule has 0 aliphatic carbocycles. The molecule has 1 heterocycles. The summed E-state index contributed by atoms with van der Waals surface area (Å²) in [6.45, 7) is 9.46. The molecular weight excluding hydrogens is 220 g/mol. The summed E-state index contributed by atoms with van der Waals surface area (Å²) < 4.78 is 0. The van der Waals surface area contributed by atoms with E-state index in [4.69, 9.17) is 0 Å². The first-order valence-corrected chi connectivity index (χ1v) is 7.02. The van der Waals surface area contributed by atoms with Gasteiger partial charge >= 0.3 is 0 Å². The fraction of sp³-hybridized carbons (Fsp3) is 0.562. The predicted octanol–water partition coefficient (Wildman–Crippen LogP) is 4.36. The zero-order valence-electron chi connectivity index (χ0n) is 12.2. The van der Waals surface area contributed by atoms with Gasteiger partial charge in [0.2, 0.25) is 0 Å². The van der Waals surface area contributed by atoms with Crippen molar-refractivity contribution < 1.29 is 0 Å². The van der Waals surface area contributed by atoms with Gasteiger partial charge in [0, 0.05) is 17.6 Å². The molecule has 0 saturated heterocycles. The second-order valence-electron chi connectivity index (χ2n) is 4.82. The standard InChI is InChI=1S/C16H26N2/c1-5-7-8-10-14(4)18-16-13(3)11-17-12-15(16)9-6-2/h9-11,18H,5-8,12H2,1-4H3/b14-10-,15-9+. The van der Waals surface area contributed by atoms with E-state index in [1.165, 1.54) is 35.4 Å². The molecule has 1 aliphatic rings. The van der Waals surface area contributed by atoms with Crippen LogP contribution in [0.25, 0.3) is 0 Å². The summed E-state index contributed by atoms with van der Waals surface area (Å²) in [5.74, 6) is 0. The van der Waals surface area contributed by atoms with Gasteiger partial charge in [-0.2, -0.15) is 0 Å². The zero-order chi connectivity index (χ0) is 13.4. The van der Waals surface area contributed by atoms with Crippen LogP contribution < -0.4 is 5.32 Å². The molecule has 0 aromatic rings. The molecule has 1 rings (SSSR count). The minimum absolute atomic E-state index is 0.801. The van der Waals surface area contributed by atoms with Crippen LogP contribution in [0.3, 0.4) is 0 Å². The number of rotatable bonds is 6. The maximum atomic E-state index is 4.38. The van der Waals surface area contributed by atoms with Gasteiger partial charge < -0.3 is 5.32 Å². The Morgan fingerprint density at radius 2 is 2.22 bits per heavy atom. The van der Waals surface area contributed by atoms with Gasteiger partial charge in [0.15, 0.2) is 0 Å². The molecule has 18 heavy (non-hydrogen) atoms. The summed E-state index contributed by atoms with van der Waals surface area (Å²) in [6, 6.07) is 0. The van der Waals surface area contributed by atoms with E-state index >= 15 is 0 Å². The molecule has 100 valence electrons. The third kappa shape index (κ3) is 4.52. The average Bonchev–Trinajstić information content (AvgIpc) is 2.34. The number of aliphatic imine (C=N–C) groups is 1. The molecule has 0 atom stereocenters. The van der Waals surface area contributed by atoms with Gasteiger partial charge in [-0.1, -0.05) is 38.8 Å².